The first-order valence-corrected chi connectivity index (χ1v) is 7.75. The van der Waals surface area contributed by atoms with Crippen LogP contribution in [0.15, 0.2) is 42.5 Å². The molecule has 0 saturated carbocycles. The van der Waals surface area contributed by atoms with Gasteiger partial charge in [0.1, 0.15) is 11.5 Å². The van der Waals surface area contributed by atoms with Gasteiger partial charge in [-0.2, -0.15) is 0 Å². The second kappa shape index (κ2) is 7.88. The molecule has 4 nitrogen and oxygen atoms in total. The molecule has 2 rings (SSSR count). The quantitative estimate of drug-likeness (QED) is 0.838. The average Bonchev–Trinajstić information content (AvgIpc) is 2.53. The van der Waals surface area contributed by atoms with Gasteiger partial charge in [0.2, 0.25) is 0 Å². The molecule has 1 amide bonds. The van der Waals surface area contributed by atoms with Gasteiger partial charge in [0, 0.05) is 11.3 Å². The summed E-state index contributed by atoms with van der Waals surface area (Å²) in [5.74, 6) is 1.57. The van der Waals surface area contributed by atoms with Crippen molar-refractivity contribution in [1.29, 1.82) is 0 Å². The second-order valence-corrected chi connectivity index (χ2v) is 5.94. The van der Waals surface area contributed by atoms with E-state index in [1.807, 2.05) is 0 Å². The van der Waals surface area contributed by atoms with Crippen LogP contribution in [0, 0.1) is 5.92 Å². The molecule has 0 aliphatic heterocycles. The largest absolute Gasteiger partial charge is 0.495 e. The molecule has 122 valence electrons. The number of carbonyl (C=O) groups is 1. The maximum Gasteiger partial charge on any atom is 0.255 e. The maximum absolute atomic E-state index is 12.2. The number of anilines is 1. The number of hydrogen-bond acceptors (Lipinski definition) is 3. The highest BCUT2D eigenvalue weighted by Crippen LogP contribution is 2.27. The van der Waals surface area contributed by atoms with Crippen molar-refractivity contribution in [1.82, 2.24) is 0 Å². The Morgan fingerprint density at radius 1 is 1.17 bits per heavy atom. The smallest absolute Gasteiger partial charge is 0.255 e. The van der Waals surface area contributed by atoms with Crippen molar-refractivity contribution in [3.63, 3.8) is 0 Å². The minimum atomic E-state index is -0.207. The SMILES string of the molecule is COc1ccc(NC(=O)c2ccc(OCC(C)C)cc2)cc1Cl. The van der Waals surface area contributed by atoms with Gasteiger partial charge >= 0.3 is 0 Å². The van der Waals surface area contributed by atoms with E-state index in [0.29, 0.717) is 34.5 Å². The van der Waals surface area contributed by atoms with Crippen LogP contribution in [0.3, 0.4) is 0 Å². The van der Waals surface area contributed by atoms with E-state index in [0.717, 1.165) is 5.75 Å². The molecular formula is C18H20ClNO3. The van der Waals surface area contributed by atoms with Crippen LogP contribution in [-0.2, 0) is 0 Å². The van der Waals surface area contributed by atoms with Crippen LogP contribution in [0.25, 0.3) is 0 Å². The number of carbonyl (C=O) groups excluding carboxylic acids is 1. The number of amides is 1. The van der Waals surface area contributed by atoms with Crippen molar-refractivity contribution < 1.29 is 14.3 Å². The van der Waals surface area contributed by atoms with Crippen molar-refractivity contribution in [3.8, 4) is 11.5 Å². The van der Waals surface area contributed by atoms with Crippen molar-refractivity contribution in [2.45, 2.75) is 13.8 Å². The summed E-state index contributed by atoms with van der Waals surface area (Å²) in [5, 5.41) is 3.25. The van der Waals surface area contributed by atoms with Crippen LogP contribution >= 0.6 is 11.6 Å². The monoisotopic (exact) mass is 333 g/mol. The lowest BCUT2D eigenvalue weighted by Gasteiger charge is -2.10. The first kappa shape index (κ1) is 17.2. The topological polar surface area (TPSA) is 47.6 Å². The van der Waals surface area contributed by atoms with Gasteiger partial charge in [-0.15, -0.1) is 0 Å². The molecule has 0 bridgehead atoms. The first-order valence-electron chi connectivity index (χ1n) is 7.37. The molecule has 0 aliphatic carbocycles. The fourth-order valence-corrected chi connectivity index (χ4v) is 2.17. The van der Waals surface area contributed by atoms with Gasteiger partial charge in [-0.3, -0.25) is 4.79 Å². The van der Waals surface area contributed by atoms with Crippen LogP contribution in [0.2, 0.25) is 5.02 Å². The number of halogens is 1. The molecule has 0 spiro atoms. The molecule has 0 fully saturated rings. The van der Waals surface area contributed by atoms with Gasteiger partial charge in [0.05, 0.1) is 18.7 Å². The van der Waals surface area contributed by atoms with E-state index in [-0.39, 0.29) is 5.91 Å². The van der Waals surface area contributed by atoms with Crippen molar-refractivity contribution in [3.05, 3.63) is 53.1 Å². The summed E-state index contributed by atoms with van der Waals surface area (Å²) in [6.07, 6.45) is 0. The third-order valence-corrected chi connectivity index (χ3v) is 3.40. The predicted molar refractivity (Wildman–Crippen MR) is 92.7 cm³/mol. The summed E-state index contributed by atoms with van der Waals surface area (Å²) in [5.41, 5.74) is 1.16. The Morgan fingerprint density at radius 3 is 2.43 bits per heavy atom. The minimum Gasteiger partial charge on any atom is -0.495 e. The zero-order valence-electron chi connectivity index (χ0n) is 13.4. The second-order valence-electron chi connectivity index (χ2n) is 5.53. The number of benzene rings is 2. The molecule has 0 saturated heterocycles. The number of rotatable bonds is 6. The highest BCUT2D eigenvalue weighted by Gasteiger charge is 2.08. The number of ether oxygens (including phenoxy) is 2. The van der Waals surface area contributed by atoms with E-state index in [1.165, 1.54) is 0 Å². The highest BCUT2D eigenvalue weighted by atomic mass is 35.5. The Hall–Kier alpha value is -2.20. The molecule has 2 aromatic rings. The van der Waals surface area contributed by atoms with Crippen LogP contribution in [0.5, 0.6) is 11.5 Å². The molecule has 2 aromatic carbocycles. The van der Waals surface area contributed by atoms with Crippen LogP contribution in [0.1, 0.15) is 24.2 Å². The summed E-state index contributed by atoms with van der Waals surface area (Å²) in [6.45, 7) is 4.82. The van der Waals surface area contributed by atoms with E-state index >= 15 is 0 Å². The highest BCUT2D eigenvalue weighted by molar-refractivity contribution is 6.32. The van der Waals surface area contributed by atoms with Gasteiger partial charge in [-0.25, -0.2) is 0 Å². The standard InChI is InChI=1S/C18H20ClNO3/c1-12(2)11-23-15-7-4-13(5-8-15)18(21)20-14-6-9-17(22-3)16(19)10-14/h4-10,12H,11H2,1-3H3,(H,20,21). The lowest BCUT2D eigenvalue weighted by atomic mass is 10.2. The van der Waals surface area contributed by atoms with E-state index in [2.05, 4.69) is 19.2 Å². The van der Waals surface area contributed by atoms with Crippen molar-refractivity contribution in [2.75, 3.05) is 19.0 Å². The fourth-order valence-electron chi connectivity index (χ4n) is 1.91. The van der Waals surface area contributed by atoms with E-state index < -0.39 is 0 Å². The summed E-state index contributed by atoms with van der Waals surface area (Å²) in [7, 11) is 1.54. The molecule has 0 aromatic heterocycles. The van der Waals surface area contributed by atoms with Gasteiger partial charge in [0.25, 0.3) is 5.91 Å². The van der Waals surface area contributed by atoms with Crippen molar-refractivity contribution >= 4 is 23.2 Å². The zero-order valence-corrected chi connectivity index (χ0v) is 14.2. The summed E-state index contributed by atoms with van der Waals surface area (Å²) in [6, 6.07) is 12.1. The van der Waals surface area contributed by atoms with Gasteiger partial charge in [0.15, 0.2) is 0 Å². The average molecular weight is 334 g/mol. The molecule has 0 heterocycles. The molecule has 1 N–H and O–H groups in total. The van der Waals surface area contributed by atoms with Crippen LogP contribution in [-0.4, -0.2) is 19.6 Å². The molecule has 0 atom stereocenters. The molecule has 0 aliphatic rings. The number of methoxy groups -OCH3 is 1. The minimum absolute atomic E-state index is 0.207. The van der Waals surface area contributed by atoms with Crippen LogP contribution in [0.4, 0.5) is 5.69 Å². The predicted octanol–water partition coefficient (Wildman–Crippen LogP) is 4.64. The van der Waals surface area contributed by atoms with Gasteiger partial charge < -0.3 is 14.8 Å². The normalized spacial score (nSPS) is 10.5. The lowest BCUT2D eigenvalue weighted by Crippen LogP contribution is -2.12. The Kier molecular flexibility index (Phi) is 5.88. The van der Waals surface area contributed by atoms with Crippen molar-refractivity contribution in [2.24, 2.45) is 5.92 Å². The van der Waals surface area contributed by atoms with Gasteiger partial charge in [-0.1, -0.05) is 25.4 Å². The lowest BCUT2D eigenvalue weighted by molar-refractivity contribution is 0.102. The Labute approximate surface area is 141 Å². The summed E-state index contributed by atoms with van der Waals surface area (Å²) in [4.78, 5) is 12.2. The third-order valence-electron chi connectivity index (χ3n) is 3.11. The molecule has 23 heavy (non-hydrogen) atoms. The third kappa shape index (κ3) is 4.89. The van der Waals surface area contributed by atoms with E-state index in [4.69, 9.17) is 21.1 Å². The maximum atomic E-state index is 12.2. The summed E-state index contributed by atoms with van der Waals surface area (Å²) < 4.78 is 10.7. The van der Waals surface area contributed by atoms with Crippen LogP contribution < -0.4 is 14.8 Å². The van der Waals surface area contributed by atoms with Gasteiger partial charge in [-0.05, 0) is 48.4 Å². The molecule has 0 radical (unpaired) electrons. The molecule has 5 heteroatoms. The van der Waals surface area contributed by atoms with E-state index in [1.54, 1.807) is 49.6 Å². The molecular weight excluding hydrogens is 314 g/mol. The van der Waals surface area contributed by atoms with E-state index in [9.17, 15) is 4.79 Å². The molecule has 0 unspecified atom stereocenters. The Balaban J connectivity index is 2.01. The Bertz CT molecular complexity index is 668. The summed E-state index contributed by atoms with van der Waals surface area (Å²) >= 11 is 6.05. The zero-order chi connectivity index (χ0) is 16.8. The fraction of sp³-hybridized carbons (Fsp3) is 0.278. The Morgan fingerprint density at radius 2 is 1.87 bits per heavy atom. The first-order chi connectivity index (χ1) is 11.0. The number of nitrogens with one attached hydrogen (secondary N) is 1. The number of hydrogen-bond donors (Lipinski definition) is 1.